The molecule has 1 aromatic carbocycles. The molecule has 0 spiro atoms. The molecular formula is C23H24F3N7O. The van der Waals surface area contributed by atoms with Gasteiger partial charge >= 0.3 is 6.18 Å². The van der Waals surface area contributed by atoms with Crippen LogP contribution >= 0.6 is 0 Å². The quantitative estimate of drug-likeness (QED) is 0.266. The Balaban J connectivity index is 1.22. The lowest BCUT2D eigenvalue weighted by atomic mass is 10.1. The molecule has 0 atom stereocenters. The topological polar surface area (TPSA) is 104 Å². The number of hydrogen-bond donors (Lipinski definition) is 2. The number of nitrogens with zero attached hydrogens (tertiary/aromatic N) is 5. The third-order valence-electron chi connectivity index (χ3n) is 5.15. The molecule has 8 nitrogen and oxygen atoms in total. The lowest BCUT2D eigenvalue weighted by Crippen LogP contribution is -2.18. The second kappa shape index (κ2) is 10.6. The summed E-state index contributed by atoms with van der Waals surface area (Å²) in [6.07, 6.45) is 2.32. The van der Waals surface area contributed by atoms with Gasteiger partial charge in [0.25, 0.3) is 0 Å². The van der Waals surface area contributed by atoms with Gasteiger partial charge in [0.1, 0.15) is 5.52 Å². The molecule has 0 aliphatic carbocycles. The molecule has 11 heteroatoms. The van der Waals surface area contributed by atoms with Crippen molar-refractivity contribution < 1.29 is 17.9 Å². The van der Waals surface area contributed by atoms with Gasteiger partial charge in [-0.2, -0.15) is 13.2 Å². The fourth-order valence-corrected chi connectivity index (χ4v) is 3.44. The number of benzene rings is 1. The zero-order valence-electron chi connectivity index (χ0n) is 18.3. The molecule has 4 rings (SSSR count). The zero-order valence-corrected chi connectivity index (χ0v) is 18.3. The van der Waals surface area contributed by atoms with Gasteiger partial charge < -0.3 is 15.0 Å². The average molecular weight is 471 g/mol. The minimum Gasteiger partial charge on any atom is -0.382 e. The second-order valence-corrected chi connectivity index (χ2v) is 7.66. The molecule has 178 valence electrons. The standard InChI is InChI=1S/C23H24F3N7O/c24-23(25,26)18-5-3-4-16(12-18)13-29-15-34-11-2-1-10-33-14-30-19-20(27)31-21(32-22(19)33)17-6-8-28-9-7-17/h3-9,12,14,29H,1-2,10-11,13,15H2,(H2,27,31,32). The van der Waals surface area contributed by atoms with E-state index >= 15 is 0 Å². The van der Waals surface area contributed by atoms with Crippen LogP contribution in [0.1, 0.15) is 24.0 Å². The fourth-order valence-electron chi connectivity index (χ4n) is 3.44. The number of pyridine rings is 1. The van der Waals surface area contributed by atoms with Crippen molar-refractivity contribution in [3.8, 4) is 11.4 Å². The van der Waals surface area contributed by atoms with Gasteiger partial charge in [0.05, 0.1) is 18.6 Å². The highest BCUT2D eigenvalue weighted by molar-refractivity contribution is 5.83. The van der Waals surface area contributed by atoms with E-state index in [9.17, 15) is 13.2 Å². The van der Waals surface area contributed by atoms with Crippen LogP contribution in [-0.4, -0.2) is 37.8 Å². The van der Waals surface area contributed by atoms with E-state index in [0.29, 0.717) is 48.1 Å². The van der Waals surface area contributed by atoms with Crippen molar-refractivity contribution in [3.05, 3.63) is 66.2 Å². The predicted octanol–water partition coefficient (Wildman–Crippen LogP) is 4.03. The van der Waals surface area contributed by atoms with Crippen LogP contribution in [0.15, 0.2) is 55.1 Å². The molecule has 0 fully saturated rings. The van der Waals surface area contributed by atoms with Crippen molar-refractivity contribution in [1.82, 2.24) is 29.8 Å². The Morgan fingerprint density at radius 2 is 1.88 bits per heavy atom. The van der Waals surface area contributed by atoms with E-state index < -0.39 is 11.7 Å². The van der Waals surface area contributed by atoms with E-state index in [1.807, 2.05) is 16.7 Å². The number of imidazole rings is 1. The third kappa shape index (κ3) is 5.86. The van der Waals surface area contributed by atoms with Crippen molar-refractivity contribution in [2.24, 2.45) is 0 Å². The summed E-state index contributed by atoms with van der Waals surface area (Å²) in [6.45, 7) is 1.75. The molecule has 0 saturated heterocycles. The predicted molar refractivity (Wildman–Crippen MR) is 121 cm³/mol. The van der Waals surface area contributed by atoms with Crippen LogP contribution < -0.4 is 11.1 Å². The van der Waals surface area contributed by atoms with Gasteiger partial charge in [-0.15, -0.1) is 0 Å². The first kappa shape index (κ1) is 23.6. The first-order chi connectivity index (χ1) is 16.4. The van der Waals surface area contributed by atoms with Crippen LogP contribution in [0.25, 0.3) is 22.6 Å². The molecule has 0 amide bonds. The third-order valence-corrected chi connectivity index (χ3v) is 5.15. The first-order valence-corrected chi connectivity index (χ1v) is 10.7. The van der Waals surface area contributed by atoms with Gasteiger partial charge in [0.2, 0.25) is 0 Å². The Morgan fingerprint density at radius 1 is 1.06 bits per heavy atom. The largest absolute Gasteiger partial charge is 0.416 e. The van der Waals surface area contributed by atoms with Crippen LogP contribution in [-0.2, 0) is 24.0 Å². The van der Waals surface area contributed by atoms with Gasteiger partial charge in [-0.3, -0.25) is 10.3 Å². The van der Waals surface area contributed by atoms with E-state index in [2.05, 4.69) is 25.3 Å². The maximum absolute atomic E-state index is 12.8. The molecule has 3 aromatic heterocycles. The van der Waals surface area contributed by atoms with E-state index in [0.717, 1.165) is 30.5 Å². The summed E-state index contributed by atoms with van der Waals surface area (Å²) in [5, 5.41) is 3.00. The fraction of sp³-hybridized carbons (Fsp3) is 0.304. The van der Waals surface area contributed by atoms with Gasteiger partial charge in [-0.1, -0.05) is 18.2 Å². The Morgan fingerprint density at radius 3 is 2.68 bits per heavy atom. The SMILES string of the molecule is Nc1nc(-c2ccncc2)nc2c1ncn2CCCCOCNCc1cccc(C(F)(F)F)c1. The molecule has 0 bridgehead atoms. The number of aryl methyl sites for hydroxylation is 1. The van der Waals surface area contributed by atoms with E-state index in [-0.39, 0.29) is 6.73 Å². The summed E-state index contributed by atoms with van der Waals surface area (Å²) in [6, 6.07) is 8.88. The van der Waals surface area contributed by atoms with Gasteiger partial charge in [0, 0.05) is 37.7 Å². The Labute approximate surface area is 194 Å². The Kier molecular flexibility index (Phi) is 7.33. The summed E-state index contributed by atoms with van der Waals surface area (Å²) in [7, 11) is 0. The monoisotopic (exact) mass is 471 g/mol. The highest BCUT2D eigenvalue weighted by Gasteiger charge is 2.30. The van der Waals surface area contributed by atoms with Crippen molar-refractivity contribution in [3.63, 3.8) is 0 Å². The van der Waals surface area contributed by atoms with Crippen LogP contribution in [0.2, 0.25) is 0 Å². The van der Waals surface area contributed by atoms with Crippen molar-refractivity contribution in [2.45, 2.75) is 32.1 Å². The van der Waals surface area contributed by atoms with Gasteiger partial charge in [-0.05, 0) is 36.6 Å². The number of rotatable bonds is 10. The molecule has 0 aliphatic rings. The molecule has 3 heterocycles. The minimum absolute atomic E-state index is 0.253. The number of nitrogens with one attached hydrogen (secondary N) is 1. The number of nitrogen functional groups attached to an aromatic ring is 1. The molecule has 4 aromatic rings. The maximum Gasteiger partial charge on any atom is 0.416 e. The molecule has 0 aliphatic heterocycles. The first-order valence-electron chi connectivity index (χ1n) is 10.7. The number of nitrogens with two attached hydrogens (primary N) is 1. The number of anilines is 1. The van der Waals surface area contributed by atoms with Crippen molar-refractivity contribution in [1.29, 1.82) is 0 Å². The smallest absolute Gasteiger partial charge is 0.382 e. The number of fused-ring (bicyclic) bond motifs is 1. The summed E-state index contributed by atoms with van der Waals surface area (Å²) >= 11 is 0. The van der Waals surface area contributed by atoms with Crippen LogP contribution in [0.4, 0.5) is 19.0 Å². The van der Waals surface area contributed by atoms with E-state index in [1.165, 1.54) is 6.07 Å². The summed E-state index contributed by atoms with van der Waals surface area (Å²) < 4.78 is 45.8. The van der Waals surface area contributed by atoms with Crippen molar-refractivity contribution >= 4 is 17.0 Å². The minimum atomic E-state index is -4.34. The zero-order chi connectivity index (χ0) is 24.0. The average Bonchev–Trinajstić information content (AvgIpc) is 3.24. The molecule has 0 radical (unpaired) electrons. The Bertz CT molecular complexity index is 1230. The van der Waals surface area contributed by atoms with Crippen LogP contribution in [0.3, 0.4) is 0 Å². The normalized spacial score (nSPS) is 11.9. The number of ether oxygens (including phenoxy) is 1. The summed E-state index contributed by atoms with van der Waals surface area (Å²) in [5.41, 5.74) is 8.03. The molecule has 0 unspecified atom stereocenters. The van der Waals surface area contributed by atoms with Crippen LogP contribution in [0, 0.1) is 0 Å². The number of unbranched alkanes of at least 4 members (excludes halogenated alkanes) is 1. The van der Waals surface area contributed by atoms with Gasteiger partial charge in [-0.25, -0.2) is 15.0 Å². The van der Waals surface area contributed by atoms with Crippen molar-refractivity contribution in [2.75, 3.05) is 19.1 Å². The summed E-state index contributed by atoms with van der Waals surface area (Å²) in [5.74, 6) is 0.843. The lowest BCUT2D eigenvalue weighted by Gasteiger charge is -2.10. The van der Waals surface area contributed by atoms with Crippen LogP contribution in [0.5, 0.6) is 0 Å². The summed E-state index contributed by atoms with van der Waals surface area (Å²) in [4.78, 5) is 17.3. The number of hydrogen-bond acceptors (Lipinski definition) is 7. The number of halogens is 3. The highest BCUT2D eigenvalue weighted by Crippen LogP contribution is 2.29. The number of alkyl halides is 3. The lowest BCUT2D eigenvalue weighted by molar-refractivity contribution is -0.137. The van der Waals surface area contributed by atoms with E-state index in [4.69, 9.17) is 10.5 Å². The van der Waals surface area contributed by atoms with Gasteiger partial charge in [0.15, 0.2) is 17.3 Å². The molecule has 3 N–H and O–H groups in total. The maximum atomic E-state index is 12.8. The number of aromatic nitrogens is 5. The molecular weight excluding hydrogens is 447 g/mol. The highest BCUT2D eigenvalue weighted by atomic mass is 19.4. The van der Waals surface area contributed by atoms with E-state index in [1.54, 1.807) is 24.8 Å². The molecule has 0 saturated carbocycles. The molecule has 34 heavy (non-hydrogen) atoms. The second-order valence-electron chi connectivity index (χ2n) is 7.66. The Hall–Kier alpha value is -3.57.